The standard InChI is InChI=1S/C18H22N4O2/c1-13(2)10-22-14(3)17(9-20-22)21(18(24)12-23)11-16-6-4-5-15(7-16)8-19/h4-7,9,13,23H,10-12H2,1-3H3. The number of amides is 1. The van der Waals surface area contributed by atoms with Crippen LogP contribution >= 0.6 is 0 Å². The van der Waals surface area contributed by atoms with Gasteiger partial charge in [-0.15, -0.1) is 0 Å². The number of hydrogen-bond acceptors (Lipinski definition) is 4. The Morgan fingerprint density at radius 2 is 2.21 bits per heavy atom. The minimum atomic E-state index is -0.577. The van der Waals surface area contributed by atoms with Crippen molar-refractivity contribution in [3.8, 4) is 6.07 Å². The summed E-state index contributed by atoms with van der Waals surface area (Å²) in [5.41, 5.74) is 2.92. The molecule has 2 aromatic rings. The molecule has 126 valence electrons. The number of aliphatic hydroxyl groups excluding tert-OH is 1. The summed E-state index contributed by atoms with van der Waals surface area (Å²) in [6, 6.07) is 9.18. The van der Waals surface area contributed by atoms with Crippen molar-refractivity contribution in [2.45, 2.75) is 33.9 Å². The van der Waals surface area contributed by atoms with Crippen LogP contribution in [-0.2, 0) is 17.9 Å². The molecule has 0 fully saturated rings. The lowest BCUT2D eigenvalue weighted by Crippen LogP contribution is -2.33. The van der Waals surface area contributed by atoms with Gasteiger partial charge in [0.25, 0.3) is 5.91 Å². The second kappa shape index (κ2) is 7.75. The van der Waals surface area contributed by atoms with Gasteiger partial charge < -0.3 is 10.0 Å². The molecule has 0 spiro atoms. The number of nitrogens with zero attached hydrogens (tertiary/aromatic N) is 4. The van der Waals surface area contributed by atoms with Crippen molar-refractivity contribution < 1.29 is 9.90 Å². The van der Waals surface area contributed by atoms with E-state index in [0.29, 0.717) is 17.2 Å². The molecule has 0 radical (unpaired) electrons. The topological polar surface area (TPSA) is 82.2 Å². The Labute approximate surface area is 141 Å². The highest BCUT2D eigenvalue weighted by atomic mass is 16.3. The van der Waals surface area contributed by atoms with E-state index in [2.05, 4.69) is 25.0 Å². The summed E-state index contributed by atoms with van der Waals surface area (Å²) in [5.74, 6) is 0.0373. The molecule has 0 aliphatic rings. The quantitative estimate of drug-likeness (QED) is 0.882. The summed E-state index contributed by atoms with van der Waals surface area (Å²) in [6.45, 7) is 6.58. The van der Waals surface area contributed by atoms with Gasteiger partial charge in [-0.25, -0.2) is 0 Å². The van der Waals surface area contributed by atoms with E-state index in [1.807, 2.05) is 17.7 Å². The largest absolute Gasteiger partial charge is 0.387 e. The zero-order valence-corrected chi connectivity index (χ0v) is 14.2. The predicted octanol–water partition coefficient (Wildman–Crippen LogP) is 2.24. The normalized spacial score (nSPS) is 10.7. The zero-order valence-electron chi connectivity index (χ0n) is 14.2. The summed E-state index contributed by atoms with van der Waals surface area (Å²) in [4.78, 5) is 13.7. The van der Waals surface area contributed by atoms with Gasteiger partial charge in [0.05, 0.1) is 35.8 Å². The second-order valence-electron chi connectivity index (χ2n) is 6.14. The van der Waals surface area contributed by atoms with Crippen molar-refractivity contribution in [1.29, 1.82) is 5.26 Å². The van der Waals surface area contributed by atoms with Crippen LogP contribution in [0.2, 0.25) is 0 Å². The highest BCUT2D eigenvalue weighted by Gasteiger charge is 2.20. The Bertz CT molecular complexity index is 759. The molecule has 0 atom stereocenters. The first-order chi connectivity index (χ1) is 11.5. The van der Waals surface area contributed by atoms with E-state index in [1.54, 1.807) is 24.4 Å². The molecule has 0 saturated carbocycles. The van der Waals surface area contributed by atoms with Gasteiger partial charge in [0, 0.05) is 6.54 Å². The molecule has 0 unspecified atom stereocenters. The Hall–Kier alpha value is -2.65. The molecule has 1 aromatic heterocycles. The average molecular weight is 326 g/mol. The molecule has 6 heteroatoms. The fourth-order valence-electron chi connectivity index (χ4n) is 2.55. The molecule has 0 aliphatic heterocycles. The van der Waals surface area contributed by atoms with Crippen LogP contribution in [0.3, 0.4) is 0 Å². The van der Waals surface area contributed by atoms with Gasteiger partial charge in [-0.3, -0.25) is 9.48 Å². The summed E-state index contributed by atoms with van der Waals surface area (Å²) < 4.78 is 1.86. The Balaban J connectivity index is 2.34. The predicted molar refractivity (Wildman–Crippen MR) is 91.2 cm³/mol. The van der Waals surface area contributed by atoms with Gasteiger partial charge in [-0.1, -0.05) is 26.0 Å². The Kier molecular flexibility index (Phi) is 5.72. The van der Waals surface area contributed by atoms with E-state index in [-0.39, 0.29) is 6.54 Å². The van der Waals surface area contributed by atoms with Gasteiger partial charge in [0.15, 0.2) is 0 Å². The lowest BCUT2D eigenvalue weighted by molar-refractivity contribution is -0.121. The molecule has 1 amide bonds. The number of aromatic nitrogens is 2. The minimum absolute atomic E-state index is 0.281. The maximum atomic E-state index is 12.2. The number of hydrogen-bond donors (Lipinski definition) is 1. The molecule has 24 heavy (non-hydrogen) atoms. The maximum absolute atomic E-state index is 12.2. The van der Waals surface area contributed by atoms with Crippen LogP contribution in [0.1, 0.15) is 30.7 Å². The van der Waals surface area contributed by atoms with Crippen LogP contribution in [-0.4, -0.2) is 27.4 Å². The number of benzene rings is 1. The molecular weight excluding hydrogens is 304 g/mol. The number of aliphatic hydroxyl groups is 1. The second-order valence-corrected chi connectivity index (χ2v) is 6.14. The average Bonchev–Trinajstić information content (AvgIpc) is 2.92. The first-order valence-corrected chi connectivity index (χ1v) is 7.89. The Morgan fingerprint density at radius 1 is 1.46 bits per heavy atom. The number of nitriles is 1. The SMILES string of the molecule is Cc1c(N(Cc2cccc(C#N)c2)C(=O)CO)cnn1CC(C)C. The van der Waals surface area contributed by atoms with E-state index in [4.69, 9.17) is 5.26 Å². The molecular formula is C18H22N4O2. The minimum Gasteiger partial charge on any atom is -0.387 e. The molecule has 1 heterocycles. The smallest absolute Gasteiger partial charge is 0.253 e. The lowest BCUT2D eigenvalue weighted by atomic mass is 10.1. The highest BCUT2D eigenvalue weighted by molar-refractivity contribution is 5.94. The van der Waals surface area contributed by atoms with E-state index >= 15 is 0 Å². The van der Waals surface area contributed by atoms with Crippen LogP contribution in [0.5, 0.6) is 0 Å². The third-order valence-electron chi connectivity index (χ3n) is 3.74. The van der Waals surface area contributed by atoms with Crippen LogP contribution in [0, 0.1) is 24.2 Å². The summed E-state index contributed by atoms with van der Waals surface area (Å²) in [6.07, 6.45) is 1.65. The molecule has 1 aromatic carbocycles. The van der Waals surface area contributed by atoms with E-state index < -0.39 is 12.5 Å². The zero-order chi connectivity index (χ0) is 17.7. The number of anilines is 1. The van der Waals surface area contributed by atoms with Crippen molar-refractivity contribution >= 4 is 11.6 Å². The number of carbonyl (C=O) groups is 1. The van der Waals surface area contributed by atoms with Gasteiger partial charge in [-0.05, 0) is 30.5 Å². The molecule has 6 nitrogen and oxygen atoms in total. The maximum Gasteiger partial charge on any atom is 0.253 e. The van der Waals surface area contributed by atoms with Gasteiger partial charge in [0.2, 0.25) is 0 Å². The van der Waals surface area contributed by atoms with E-state index in [0.717, 1.165) is 17.8 Å². The van der Waals surface area contributed by atoms with Crippen molar-refractivity contribution in [2.75, 3.05) is 11.5 Å². The summed E-state index contributed by atoms with van der Waals surface area (Å²) >= 11 is 0. The summed E-state index contributed by atoms with van der Waals surface area (Å²) in [5, 5.41) is 22.7. The fraction of sp³-hybridized carbons (Fsp3) is 0.389. The summed E-state index contributed by atoms with van der Waals surface area (Å²) in [7, 11) is 0. The number of carbonyl (C=O) groups excluding carboxylic acids is 1. The molecule has 2 rings (SSSR count). The lowest BCUT2D eigenvalue weighted by Gasteiger charge is -2.22. The van der Waals surface area contributed by atoms with Crippen LogP contribution in [0.4, 0.5) is 5.69 Å². The van der Waals surface area contributed by atoms with Gasteiger partial charge >= 0.3 is 0 Å². The van der Waals surface area contributed by atoms with Crippen molar-refractivity contribution in [3.05, 3.63) is 47.3 Å². The van der Waals surface area contributed by atoms with Crippen LogP contribution in [0.25, 0.3) is 0 Å². The van der Waals surface area contributed by atoms with Crippen molar-refractivity contribution in [3.63, 3.8) is 0 Å². The van der Waals surface area contributed by atoms with E-state index in [1.165, 1.54) is 4.90 Å². The molecule has 0 saturated heterocycles. The van der Waals surface area contributed by atoms with Crippen LogP contribution in [0.15, 0.2) is 30.5 Å². The van der Waals surface area contributed by atoms with Crippen LogP contribution < -0.4 is 4.90 Å². The first-order valence-electron chi connectivity index (χ1n) is 7.89. The van der Waals surface area contributed by atoms with Crippen molar-refractivity contribution in [2.24, 2.45) is 5.92 Å². The van der Waals surface area contributed by atoms with Gasteiger partial charge in [0.1, 0.15) is 6.61 Å². The third-order valence-corrected chi connectivity index (χ3v) is 3.74. The fourth-order valence-corrected chi connectivity index (χ4v) is 2.55. The third kappa shape index (κ3) is 4.00. The van der Waals surface area contributed by atoms with E-state index in [9.17, 15) is 9.90 Å². The highest BCUT2D eigenvalue weighted by Crippen LogP contribution is 2.23. The monoisotopic (exact) mass is 326 g/mol. The molecule has 1 N–H and O–H groups in total. The first kappa shape index (κ1) is 17.7. The number of rotatable bonds is 6. The van der Waals surface area contributed by atoms with Gasteiger partial charge in [-0.2, -0.15) is 10.4 Å². The Morgan fingerprint density at radius 3 is 2.83 bits per heavy atom. The molecule has 0 bridgehead atoms. The van der Waals surface area contributed by atoms with Crippen molar-refractivity contribution in [1.82, 2.24) is 9.78 Å². The molecule has 0 aliphatic carbocycles.